The van der Waals surface area contributed by atoms with Gasteiger partial charge in [-0.3, -0.25) is 4.79 Å². The molecule has 0 amide bonds. The molecule has 0 aromatic heterocycles. The molecule has 1 aromatic carbocycles. The summed E-state index contributed by atoms with van der Waals surface area (Å²) in [5, 5.41) is 3.17. The maximum atomic E-state index is 11.9. The van der Waals surface area contributed by atoms with E-state index in [2.05, 4.69) is 12.2 Å². The number of hydrogen-bond acceptors (Lipinski definition) is 4. The number of nitrogens with one attached hydrogen (secondary N) is 1. The van der Waals surface area contributed by atoms with E-state index in [1.165, 1.54) is 19.3 Å². The molecule has 1 rings (SSSR count). The highest BCUT2D eigenvalue weighted by atomic mass is 16.5. The predicted molar refractivity (Wildman–Crippen MR) is 78.7 cm³/mol. The molecule has 0 fully saturated rings. The van der Waals surface area contributed by atoms with E-state index in [0.29, 0.717) is 23.5 Å². The van der Waals surface area contributed by atoms with E-state index in [1.54, 1.807) is 25.3 Å². The lowest BCUT2D eigenvalue weighted by molar-refractivity contribution is 0.0991. The first-order valence-electron chi connectivity index (χ1n) is 6.86. The van der Waals surface area contributed by atoms with Crippen LogP contribution in [0.5, 0.6) is 5.75 Å². The van der Waals surface area contributed by atoms with E-state index in [1.807, 2.05) is 0 Å². The largest absolute Gasteiger partial charge is 0.495 e. The van der Waals surface area contributed by atoms with Crippen LogP contribution in [0, 0.1) is 0 Å². The number of Topliss-reactive ketones (excluding diaryl/α,β-unsaturated/α-hetero) is 1. The van der Waals surface area contributed by atoms with Crippen molar-refractivity contribution in [3.05, 3.63) is 23.8 Å². The lowest BCUT2D eigenvalue weighted by Gasteiger charge is -2.07. The molecule has 0 radical (unpaired) electrons. The van der Waals surface area contributed by atoms with Crippen molar-refractivity contribution in [2.45, 2.75) is 32.6 Å². The van der Waals surface area contributed by atoms with Crippen molar-refractivity contribution in [3.63, 3.8) is 0 Å². The zero-order chi connectivity index (χ0) is 14.1. The highest BCUT2D eigenvalue weighted by molar-refractivity contribution is 5.98. The Morgan fingerprint density at radius 2 is 2.11 bits per heavy atom. The average Bonchev–Trinajstić information content (AvgIpc) is 2.42. The molecule has 4 nitrogen and oxygen atoms in total. The first kappa shape index (κ1) is 15.5. The quantitative estimate of drug-likeness (QED) is 0.409. The van der Waals surface area contributed by atoms with Gasteiger partial charge < -0.3 is 15.8 Å². The third-order valence-corrected chi connectivity index (χ3v) is 3.04. The third kappa shape index (κ3) is 5.30. The molecule has 19 heavy (non-hydrogen) atoms. The summed E-state index contributed by atoms with van der Waals surface area (Å²) in [4.78, 5) is 11.9. The summed E-state index contributed by atoms with van der Waals surface area (Å²) in [6.45, 7) is 3.43. The number of carbonyl (C=O) groups excluding carboxylic acids is 1. The van der Waals surface area contributed by atoms with Crippen molar-refractivity contribution < 1.29 is 9.53 Å². The first-order chi connectivity index (χ1) is 9.19. The van der Waals surface area contributed by atoms with Gasteiger partial charge in [0.2, 0.25) is 0 Å². The Bertz CT molecular complexity index is 405. The fraction of sp³-hybridized carbons (Fsp3) is 0.533. The van der Waals surface area contributed by atoms with Gasteiger partial charge in [-0.2, -0.15) is 0 Å². The fourth-order valence-corrected chi connectivity index (χ4v) is 1.89. The number of methoxy groups -OCH3 is 1. The molecule has 0 saturated heterocycles. The number of benzene rings is 1. The maximum Gasteiger partial charge on any atom is 0.176 e. The number of nitrogen functional groups attached to an aromatic ring is 1. The minimum atomic E-state index is 0.0600. The lowest BCUT2D eigenvalue weighted by Crippen LogP contribution is -2.24. The lowest BCUT2D eigenvalue weighted by atomic mass is 10.1. The Kier molecular flexibility index (Phi) is 6.97. The third-order valence-electron chi connectivity index (χ3n) is 3.04. The van der Waals surface area contributed by atoms with Crippen molar-refractivity contribution in [1.82, 2.24) is 5.32 Å². The number of carbonyl (C=O) groups is 1. The van der Waals surface area contributed by atoms with E-state index in [-0.39, 0.29) is 5.78 Å². The van der Waals surface area contributed by atoms with E-state index >= 15 is 0 Å². The Morgan fingerprint density at radius 1 is 1.32 bits per heavy atom. The molecular weight excluding hydrogens is 240 g/mol. The molecular formula is C15H24N2O2. The van der Waals surface area contributed by atoms with Crippen molar-refractivity contribution in [1.29, 1.82) is 0 Å². The minimum absolute atomic E-state index is 0.0600. The topological polar surface area (TPSA) is 64.3 Å². The molecule has 3 N–H and O–H groups in total. The van der Waals surface area contributed by atoms with Crippen molar-refractivity contribution >= 4 is 11.5 Å². The Balaban J connectivity index is 2.35. The van der Waals surface area contributed by atoms with Crippen molar-refractivity contribution in [3.8, 4) is 5.75 Å². The van der Waals surface area contributed by atoms with Crippen LogP contribution in [0.2, 0.25) is 0 Å². The number of unbranched alkanes of at least 4 members (excludes halogenated alkanes) is 3. The van der Waals surface area contributed by atoms with Crippen LogP contribution in [0.1, 0.15) is 43.0 Å². The van der Waals surface area contributed by atoms with Crippen LogP contribution in [0.4, 0.5) is 5.69 Å². The monoisotopic (exact) mass is 264 g/mol. The van der Waals surface area contributed by atoms with Crippen molar-refractivity contribution in [2.24, 2.45) is 0 Å². The van der Waals surface area contributed by atoms with E-state index in [4.69, 9.17) is 10.5 Å². The zero-order valence-electron chi connectivity index (χ0n) is 11.9. The summed E-state index contributed by atoms with van der Waals surface area (Å²) in [6, 6.07) is 5.14. The maximum absolute atomic E-state index is 11.9. The number of nitrogens with two attached hydrogens (primary N) is 1. The number of ether oxygens (including phenoxy) is 1. The Hall–Kier alpha value is -1.55. The van der Waals surface area contributed by atoms with Crippen LogP contribution < -0.4 is 15.8 Å². The SMILES string of the molecule is CCCCCCNCC(=O)c1ccc(OC)c(N)c1. The summed E-state index contributed by atoms with van der Waals surface area (Å²) in [5.41, 5.74) is 6.90. The molecule has 0 unspecified atom stereocenters. The molecule has 0 bridgehead atoms. The molecule has 0 saturated carbocycles. The van der Waals surface area contributed by atoms with Crippen LogP contribution in [0.25, 0.3) is 0 Å². The first-order valence-corrected chi connectivity index (χ1v) is 6.86. The molecule has 0 aliphatic rings. The number of rotatable bonds is 9. The zero-order valence-corrected chi connectivity index (χ0v) is 11.9. The van der Waals surface area contributed by atoms with E-state index < -0.39 is 0 Å². The second-order valence-corrected chi connectivity index (χ2v) is 4.62. The van der Waals surface area contributed by atoms with Gasteiger partial charge >= 0.3 is 0 Å². The van der Waals surface area contributed by atoms with Gasteiger partial charge in [0.1, 0.15) is 5.75 Å². The summed E-state index contributed by atoms with van der Waals surface area (Å²) >= 11 is 0. The van der Waals surface area contributed by atoms with Gasteiger partial charge in [-0.1, -0.05) is 26.2 Å². The average molecular weight is 264 g/mol. The summed E-state index contributed by atoms with van der Waals surface area (Å²) in [7, 11) is 1.56. The smallest absolute Gasteiger partial charge is 0.176 e. The summed E-state index contributed by atoms with van der Waals surface area (Å²) in [5.74, 6) is 0.661. The van der Waals surface area contributed by atoms with Gasteiger partial charge in [-0.15, -0.1) is 0 Å². The van der Waals surface area contributed by atoms with Crippen LogP contribution in [-0.4, -0.2) is 26.0 Å². The Morgan fingerprint density at radius 3 is 2.74 bits per heavy atom. The van der Waals surface area contributed by atoms with Crippen LogP contribution in [0.3, 0.4) is 0 Å². The predicted octanol–water partition coefficient (Wildman–Crippen LogP) is 2.63. The van der Waals surface area contributed by atoms with Gasteiger partial charge in [-0.05, 0) is 31.2 Å². The normalized spacial score (nSPS) is 10.4. The molecule has 0 spiro atoms. The number of hydrogen-bond donors (Lipinski definition) is 2. The molecule has 0 heterocycles. The molecule has 106 valence electrons. The second-order valence-electron chi connectivity index (χ2n) is 4.62. The molecule has 0 atom stereocenters. The van der Waals surface area contributed by atoms with E-state index in [0.717, 1.165) is 13.0 Å². The summed E-state index contributed by atoms with van der Waals surface area (Å²) in [6.07, 6.45) is 4.81. The van der Waals surface area contributed by atoms with Gasteiger partial charge in [0.25, 0.3) is 0 Å². The Labute approximate surface area is 115 Å². The molecule has 1 aromatic rings. The van der Waals surface area contributed by atoms with Gasteiger partial charge in [0.05, 0.1) is 19.3 Å². The van der Waals surface area contributed by atoms with Crippen LogP contribution in [-0.2, 0) is 0 Å². The van der Waals surface area contributed by atoms with E-state index in [9.17, 15) is 4.79 Å². The van der Waals surface area contributed by atoms with Gasteiger partial charge in [0.15, 0.2) is 5.78 Å². The highest BCUT2D eigenvalue weighted by Gasteiger charge is 2.08. The highest BCUT2D eigenvalue weighted by Crippen LogP contribution is 2.21. The summed E-state index contributed by atoms with van der Waals surface area (Å²) < 4.78 is 5.06. The van der Waals surface area contributed by atoms with Crippen molar-refractivity contribution in [2.75, 3.05) is 25.9 Å². The number of ketones is 1. The molecule has 4 heteroatoms. The second kappa shape index (κ2) is 8.53. The number of anilines is 1. The molecule has 0 aliphatic carbocycles. The van der Waals surface area contributed by atoms with Gasteiger partial charge in [-0.25, -0.2) is 0 Å². The molecule has 0 aliphatic heterocycles. The standard InChI is InChI=1S/C15H24N2O2/c1-3-4-5-6-9-17-11-14(18)12-7-8-15(19-2)13(16)10-12/h7-8,10,17H,3-6,9,11,16H2,1-2H3. The fourth-order valence-electron chi connectivity index (χ4n) is 1.89. The minimum Gasteiger partial charge on any atom is -0.495 e. The van der Waals surface area contributed by atoms with Crippen LogP contribution in [0.15, 0.2) is 18.2 Å². The van der Waals surface area contributed by atoms with Gasteiger partial charge in [0, 0.05) is 5.56 Å². The van der Waals surface area contributed by atoms with Crippen LogP contribution >= 0.6 is 0 Å².